The van der Waals surface area contributed by atoms with Crippen LogP contribution in [-0.2, 0) is 9.84 Å². The van der Waals surface area contributed by atoms with E-state index in [9.17, 15) is 13.2 Å². The number of hydrogen-bond donors (Lipinski definition) is 1. The lowest BCUT2D eigenvalue weighted by Gasteiger charge is -2.57. The van der Waals surface area contributed by atoms with Crippen molar-refractivity contribution in [3.05, 3.63) is 36.0 Å². The van der Waals surface area contributed by atoms with Gasteiger partial charge < -0.3 is 9.64 Å². The minimum absolute atomic E-state index is 0.0709. The van der Waals surface area contributed by atoms with E-state index in [1.807, 2.05) is 24.3 Å². The highest BCUT2D eigenvalue weighted by molar-refractivity contribution is 7.93. The van der Waals surface area contributed by atoms with E-state index in [0.717, 1.165) is 17.7 Å². The third kappa shape index (κ3) is 2.21. The highest BCUT2D eigenvalue weighted by Crippen LogP contribution is 2.42. The molecule has 2 fully saturated rings. The zero-order valence-electron chi connectivity index (χ0n) is 13.2. The molecule has 1 spiro atoms. The number of methoxy groups -OCH3 is 1. The highest BCUT2D eigenvalue weighted by atomic mass is 32.2. The van der Waals surface area contributed by atoms with E-state index >= 15 is 0 Å². The number of benzene rings is 1. The van der Waals surface area contributed by atoms with Crippen molar-refractivity contribution in [3.63, 3.8) is 0 Å². The molecule has 0 unspecified atom stereocenters. The summed E-state index contributed by atoms with van der Waals surface area (Å²) in [5.41, 5.74) is 1.42. The summed E-state index contributed by atoms with van der Waals surface area (Å²) in [7, 11) is -1.39. The lowest BCUT2D eigenvalue weighted by Crippen LogP contribution is -2.74. The molecule has 2 aliphatic rings. The molecule has 2 saturated heterocycles. The van der Waals surface area contributed by atoms with Crippen LogP contribution in [-0.4, -0.2) is 60.1 Å². The van der Waals surface area contributed by atoms with Gasteiger partial charge in [0.15, 0.2) is 9.84 Å². The molecule has 2 aromatic rings. The van der Waals surface area contributed by atoms with Crippen LogP contribution in [0.4, 0.5) is 0 Å². The van der Waals surface area contributed by atoms with Gasteiger partial charge in [0.25, 0.3) is 5.91 Å². The van der Waals surface area contributed by atoms with Crippen LogP contribution in [0.5, 0.6) is 5.75 Å². The van der Waals surface area contributed by atoms with E-state index in [1.54, 1.807) is 12.0 Å². The van der Waals surface area contributed by atoms with E-state index in [2.05, 4.69) is 10.2 Å². The number of ether oxygens (including phenoxy) is 1. The van der Waals surface area contributed by atoms with Gasteiger partial charge >= 0.3 is 0 Å². The summed E-state index contributed by atoms with van der Waals surface area (Å²) in [6, 6.07) is 7.33. The van der Waals surface area contributed by atoms with Crippen LogP contribution in [0.25, 0.3) is 11.3 Å². The molecule has 4 rings (SSSR count). The zero-order valence-corrected chi connectivity index (χ0v) is 14.0. The summed E-state index contributed by atoms with van der Waals surface area (Å²) in [6.07, 6.45) is 2.24. The minimum Gasteiger partial charge on any atom is -0.497 e. The van der Waals surface area contributed by atoms with Crippen molar-refractivity contribution >= 4 is 15.7 Å². The van der Waals surface area contributed by atoms with Crippen molar-refractivity contribution in [3.8, 4) is 17.0 Å². The summed E-state index contributed by atoms with van der Waals surface area (Å²) >= 11 is 0. The Morgan fingerprint density at radius 1 is 1.29 bits per heavy atom. The van der Waals surface area contributed by atoms with Gasteiger partial charge in [0, 0.05) is 12.1 Å². The molecule has 1 amide bonds. The number of aromatic amines is 1. The predicted octanol–water partition coefficient (Wildman–Crippen LogP) is 1.10. The molecule has 1 aromatic carbocycles. The second kappa shape index (κ2) is 5.07. The first-order valence-corrected chi connectivity index (χ1v) is 9.46. The Labute approximate surface area is 139 Å². The fourth-order valence-electron chi connectivity index (χ4n) is 3.50. The second-order valence-corrected chi connectivity index (χ2v) is 8.42. The normalized spacial score (nSPS) is 20.3. The van der Waals surface area contributed by atoms with Crippen LogP contribution in [0.15, 0.2) is 30.5 Å². The van der Waals surface area contributed by atoms with Crippen LogP contribution < -0.4 is 4.74 Å². The third-order valence-electron chi connectivity index (χ3n) is 4.84. The van der Waals surface area contributed by atoms with Crippen LogP contribution in [0, 0.1) is 0 Å². The summed E-state index contributed by atoms with van der Waals surface area (Å²) in [5, 5.41) is 6.87. The van der Waals surface area contributed by atoms with Gasteiger partial charge in [-0.05, 0) is 30.7 Å². The van der Waals surface area contributed by atoms with Crippen LogP contribution in [0.2, 0.25) is 0 Å². The number of aromatic nitrogens is 2. The smallest absolute Gasteiger partial charge is 0.258 e. The molecule has 1 N–H and O–H groups in total. The zero-order chi connectivity index (χ0) is 16.9. The molecule has 3 heterocycles. The number of likely N-dealkylation sites (tertiary alicyclic amines) is 1. The fourth-order valence-corrected chi connectivity index (χ4v) is 5.66. The standard InChI is InChI=1S/C16H17N3O4S/c1-23-12-4-2-11(3-5-12)14-13(8-17-18-14)15(20)19-7-6-16(19)9-24(21,22)10-16/h2-5,8H,6-7,9-10H2,1H3,(H,17,18). The molecule has 1 aromatic heterocycles. The number of H-pyrrole nitrogens is 1. The van der Waals surface area contributed by atoms with Crippen molar-refractivity contribution in [2.75, 3.05) is 25.2 Å². The molecular weight excluding hydrogens is 330 g/mol. The first-order chi connectivity index (χ1) is 11.4. The van der Waals surface area contributed by atoms with Gasteiger partial charge in [-0.15, -0.1) is 0 Å². The average Bonchev–Trinajstić information content (AvgIpc) is 3.01. The SMILES string of the molecule is COc1ccc(-c2[nH]ncc2C(=O)N2CCC23CS(=O)(=O)C3)cc1. The van der Waals surface area contributed by atoms with E-state index in [1.165, 1.54) is 6.20 Å². The molecule has 7 nitrogen and oxygen atoms in total. The van der Waals surface area contributed by atoms with Crippen LogP contribution in [0.1, 0.15) is 16.8 Å². The molecule has 0 radical (unpaired) electrons. The Kier molecular flexibility index (Phi) is 3.21. The molecule has 8 heteroatoms. The van der Waals surface area contributed by atoms with E-state index in [0.29, 0.717) is 17.8 Å². The molecule has 126 valence electrons. The molecule has 0 atom stereocenters. The predicted molar refractivity (Wildman–Crippen MR) is 87.6 cm³/mol. The summed E-state index contributed by atoms with van der Waals surface area (Å²) in [5.74, 6) is 0.700. The van der Waals surface area contributed by atoms with E-state index in [-0.39, 0.29) is 17.4 Å². The van der Waals surface area contributed by atoms with Crippen molar-refractivity contribution in [2.45, 2.75) is 12.0 Å². The number of nitrogens with one attached hydrogen (secondary N) is 1. The molecule has 0 saturated carbocycles. The van der Waals surface area contributed by atoms with Crippen LogP contribution in [0.3, 0.4) is 0 Å². The number of amides is 1. The summed E-state index contributed by atoms with van der Waals surface area (Å²) < 4.78 is 28.2. The molecular formula is C16H17N3O4S. The highest BCUT2D eigenvalue weighted by Gasteiger charge is 2.59. The van der Waals surface area contributed by atoms with E-state index < -0.39 is 15.4 Å². The largest absolute Gasteiger partial charge is 0.497 e. The second-order valence-electron chi connectivity index (χ2n) is 6.35. The number of carbonyl (C=O) groups is 1. The van der Waals surface area contributed by atoms with E-state index in [4.69, 9.17) is 4.74 Å². The van der Waals surface area contributed by atoms with Crippen molar-refractivity contribution in [1.82, 2.24) is 15.1 Å². The lowest BCUT2D eigenvalue weighted by atomic mass is 9.86. The monoisotopic (exact) mass is 347 g/mol. The van der Waals surface area contributed by atoms with Gasteiger partial charge in [0.05, 0.1) is 41.6 Å². The summed E-state index contributed by atoms with van der Waals surface area (Å²) in [6.45, 7) is 0.585. The van der Waals surface area contributed by atoms with Gasteiger partial charge in [-0.2, -0.15) is 5.10 Å². The third-order valence-corrected chi connectivity index (χ3v) is 6.80. The maximum Gasteiger partial charge on any atom is 0.258 e. The first-order valence-electron chi connectivity index (χ1n) is 7.64. The van der Waals surface area contributed by atoms with Crippen molar-refractivity contribution in [2.24, 2.45) is 0 Å². The first kappa shape index (κ1) is 15.2. The van der Waals surface area contributed by atoms with Crippen molar-refractivity contribution < 1.29 is 17.9 Å². The Hall–Kier alpha value is -2.35. The molecule has 2 aliphatic heterocycles. The number of nitrogens with zero attached hydrogens (tertiary/aromatic N) is 2. The Bertz CT molecular complexity index is 890. The average molecular weight is 347 g/mol. The van der Waals surface area contributed by atoms with Gasteiger partial charge in [0.2, 0.25) is 0 Å². The van der Waals surface area contributed by atoms with Gasteiger partial charge in [-0.1, -0.05) is 0 Å². The Balaban J connectivity index is 1.61. The maximum atomic E-state index is 12.9. The minimum atomic E-state index is -2.99. The quantitative estimate of drug-likeness (QED) is 0.897. The van der Waals surface area contributed by atoms with Crippen LogP contribution >= 0.6 is 0 Å². The van der Waals surface area contributed by atoms with Gasteiger partial charge in [-0.25, -0.2) is 8.42 Å². The lowest BCUT2D eigenvalue weighted by molar-refractivity contribution is 0.0123. The maximum absolute atomic E-state index is 12.9. The molecule has 0 aliphatic carbocycles. The molecule has 24 heavy (non-hydrogen) atoms. The fraction of sp³-hybridized carbons (Fsp3) is 0.375. The number of sulfone groups is 1. The van der Waals surface area contributed by atoms with Gasteiger partial charge in [-0.3, -0.25) is 9.89 Å². The number of rotatable bonds is 3. The Morgan fingerprint density at radius 3 is 2.54 bits per heavy atom. The number of carbonyl (C=O) groups excluding carboxylic acids is 1. The van der Waals surface area contributed by atoms with Crippen molar-refractivity contribution in [1.29, 1.82) is 0 Å². The number of hydrogen-bond acceptors (Lipinski definition) is 5. The summed E-state index contributed by atoms with van der Waals surface area (Å²) in [4.78, 5) is 14.5. The van der Waals surface area contributed by atoms with Gasteiger partial charge in [0.1, 0.15) is 5.75 Å². The Morgan fingerprint density at radius 2 is 2.00 bits per heavy atom. The topological polar surface area (TPSA) is 92.4 Å². The molecule has 0 bridgehead atoms.